The van der Waals surface area contributed by atoms with Crippen LogP contribution in [0.15, 0.2) is 101 Å². The van der Waals surface area contributed by atoms with E-state index < -0.39 is 0 Å². The molecular formula is C37H36ClFN4O2S. The highest BCUT2D eigenvalue weighted by atomic mass is 35.5. The summed E-state index contributed by atoms with van der Waals surface area (Å²) in [5, 5.41) is 3.80. The summed E-state index contributed by atoms with van der Waals surface area (Å²) in [5.74, 6) is -0.642. The number of thioether (sulfide) groups is 1. The fourth-order valence-electron chi connectivity index (χ4n) is 5.84. The number of nitrogens with one attached hydrogen (secondary N) is 1. The highest BCUT2D eigenvalue weighted by molar-refractivity contribution is 8.04. The molecule has 6 rings (SSSR count). The monoisotopic (exact) mass is 654 g/mol. The van der Waals surface area contributed by atoms with Crippen LogP contribution in [0.2, 0.25) is 5.02 Å². The van der Waals surface area contributed by atoms with Gasteiger partial charge in [0.05, 0.1) is 17.1 Å². The lowest BCUT2D eigenvalue weighted by Crippen LogP contribution is -2.47. The van der Waals surface area contributed by atoms with E-state index in [1.54, 1.807) is 35.2 Å². The number of hydrogen-bond acceptors (Lipinski definition) is 5. The molecule has 2 heterocycles. The lowest BCUT2D eigenvalue weighted by molar-refractivity contribution is -0.114. The Hall–Kier alpha value is -4.11. The van der Waals surface area contributed by atoms with E-state index in [0.29, 0.717) is 22.6 Å². The van der Waals surface area contributed by atoms with Crippen LogP contribution in [0.25, 0.3) is 6.08 Å². The lowest BCUT2D eigenvalue weighted by Gasteiger charge is -2.37. The second kappa shape index (κ2) is 14.5. The van der Waals surface area contributed by atoms with Gasteiger partial charge in [0.25, 0.3) is 11.8 Å². The largest absolute Gasteiger partial charge is 0.369 e. The van der Waals surface area contributed by atoms with E-state index in [4.69, 9.17) is 11.6 Å². The van der Waals surface area contributed by atoms with Crippen LogP contribution >= 0.6 is 23.4 Å². The molecule has 0 atom stereocenters. The molecule has 1 N–H and O–H groups in total. The minimum atomic E-state index is -0.340. The number of anilines is 2. The summed E-state index contributed by atoms with van der Waals surface area (Å²) in [5.41, 5.74) is 5.04. The normalized spacial score (nSPS) is 16.1. The molecule has 0 unspecified atom stereocenters. The molecular weight excluding hydrogens is 619 g/mol. The predicted octanol–water partition coefficient (Wildman–Crippen LogP) is 7.41. The number of carbonyl (C=O) groups excluding carboxylic acids is 2. The molecule has 2 amide bonds. The molecule has 9 heteroatoms. The van der Waals surface area contributed by atoms with Crippen LogP contribution in [-0.4, -0.2) is 56.0 Å². The Morgan fingerprint density at radius 2 is 1.67 bits per heavy atom. The number of benzene rings is 4. The van der Waals surface area contributed by atoms with Crippen molar-refractivity contribution in [1.82, 2.24) is 10.2 Å². The lowest BCUT2D eigenvalue weighted by atomic mass is 10.1. The quantitative estimate of drug-likeness (QED) is 0.151. The van der Waals surface area contributed by atoms with Gasteiger partial charge in [0, 0.05) is 59.5 Å². The Morgan fingerprint density at radius 1 is 0.935 bits per heavy atom. The zero-order valence-electron chi connectivity index (χ0n) is 25.7. The van der Waals surface area contributed by atoms with Gasteiger partial charge in [0.1, 0.15) is 5.82 Å². The van der Waals surface area contributed by atoms with Gasteiger partial charge in [-0.2, -0.15) is 0 Å². The number of fused-ring (bicyclic) bond motifs is 1. The van der Waals surface area contributed by atoms with E-state index in [-0.39, 0.29) is 24.2 Å². The third-order valence-electron chi connectivity index (χ3n) is 8.41. The first kappa shape index (κ1) is 31.9. The van der Waals surface area contributed by atoms with Crippen molar-refractivity contribution in [2.75, 3.05) is 49.1 Å². The Balaban J connectivity index is 1.01. The van der Waals surface area contributed by atoms with Gasteiger partial charge in [0.2, 0.25) is 0 Å². The molecule has 0 bridgehead atoms. The van der Waals surface area contributed by atoms with Crippen LogP contribution in [-0.2, 0) is 11.3 Å². The van der Waals surface area contributed by atoms with Crippen LogP contribution in [0.4, 0.5) is 15.8 Å². The number of rotatable bonds is 9. The number of amides is 2. The van der Waals surface area contributed by atoms with E-state index in [9.17, 15) is 14.0 Å². The number of nitrogens with zero attached hydrogens (tertiary/aromatic N) is 3. The standard InChI is InChI=1S/C37H36ClFN4O2S/c1-26-11-16-30(38)24-33(26)42-21-19-41(20-22-42)18-6-17-40-36(44)28-14-12-27(13-15-28)23-35-37(45)43(25-29-7-2-3-8-31(29)39)32-9-4-5-10-34(32)46-35/h2-5,7-16,23-24H,6,17-22,25H2,1H3,(H,40,44). The minimum absolute atomic E-state index is 0.117. The Kier molecular flexibility index (Phi) is 10.1. The van der Waals surface area contributed by atoms with Crippen molar-refractivity contribution in [1.29, 1.82) is 0 Å². The fourth-order valence-corrected chi connectivity index (χ4v) is 7.07. The topological polar surface area (TPSA) is 55.9 Å². The zero-order chi connectivity index (χ0) is 32.0. The van der Waals surface area contributed by atoms with Crippen molar-refractivity contribution in [2.45, 2.75) is 24.8 Å². The maximum Gasteiger partial charge on any atom is 0.265 e. The Labute approximate surface area is 278 Å². The van der Waals surface area contributed by atoms with Gasteiger partial charge in [-0.3, -0.25) is 14.5 Å². The summed E-state index contributed by atoms with van der Waals surface area (Å²) in [6.07, 6.45) is 2.70. The average molecular weight is 655 g/mol. The van der Waals surface area contributed by atoms with E-state index in [2.05, 4.69) is 28.1 Å². The van der Waals surface area contributed by atoms with Crippen molar-refractivity contribution in [3.05, 3.63) is 129 Å². The SMILES string of the molecule is Cc1ccc(Cl)cc1N1CCN(CCCNC(=O)c2ccc(C=C3Sc4ccccc4N(Cc4ccccc4F)C3=O)cc2)CC1. The highest BCUT2D eigenvalue weighted by Gasteiger charge is 2.29. The minimum Gasteiger partial charge on any atom is -0.369 e. The van der Waals surface area contributed by atoms with Crippen LogP contribution in [0.3, 0.4) is 0 Å². The second-order valence-corrected chi connectivity index (χ2v) is 13.1. The molecule has 46 heavy (non-hydrogen) atoms. The zero-order valence-corrected chi connectivity index (χ0v) is 27.3. The first-order chi connectivity index (χ1) is 22.4. The van der Waals surface area contributed by atoms with Gasteiger partial charge in [-0.25, -0.2) is 4.39 Å². The van der Waals surface area contributed by atoms with Crippen LogP contribution < -0.4 is 15.1 Å². The number of piperazine rings is 1. The van der Waals surface area contributed by atoms with Crippen molar-refractivity contribution in [2.24, 2.45) is 0 Å². The van der Waals surface area contributed by atoms with Gasteiger partial charge in [0.15, 0.2) is 0 Å². The van der Waals surface area contributed by atoms with E-state index in [1.165, 1.54) is 29.1 Å². The van der Waals surface area contributed by atoms with E-state index >= 15 is 0 Å². The van der Waals surface area contributed by atoms with Crippen molar-refractivity contribution in [3.63, 3.8) is 0 Å². The summed E-state index contributed by atoms with van der Waals surface area (Å²) in [7, 11) is 0. The average Bonchev–Trinajstić information content (AvgIpc) is 3.07. The molecule has 1 fully saturated rings. The predicted molar refractivity (Wildman–Crippen MR) is 186 cm³/mol. The summed E-state index contributed by atoms with van der Waals surface area (Å²) < 4.78 is 14.5. The summed E-state index contributed by atoms with van der Waals surface area (Å²) >= 11 is 7.62. The van der Waals surface area contributed by atoms with Gasteiger partial charge >= 0.3 is 0 Å². The third kappa shape index (κ3) is 7.47. The van der Waals surface area contributed by atoms with Gasteiger partial charge in [-0.05, 0) is 79.6 Å². The molecule has 0 saturated carbocycles. The number of carbonyl (C=O) groups is 2. The number of aryl methyl sites for hydroxylation is 1. The molecule has 2 aliphatic rings. The smallest absolute Gasteiger partial charge is 0.265 e. The summed E-state index contributed by atoms with van der Waals surface area (Å²) in [6, 6.07) is 27.5. The Bertz CT molecular complexity index is 1750. The molecule has 1 saturated heterocycles. The Morgan fingerprint density at radius 3 is 2.46 bits per heavy atom. The van der Waals surface area contributed by atoms with Crippen molar-refractivity contribution in [3.8, 4) is 0 Å². The van der Waals surface area contributed by atoms with Crippen molar-refractivity contribution >= 4 is 52.6 Å². The van der Waals surface area contributed by atoms with Crippen molar-refractivity contribution < 1.29 is 14.0 Å². The molecule has 4 aromatic rings. The molecule has 0 spiro atoms. The van der Waals surface area contributed by atoms with E-state index in [1.807, 2.05) is 54.6 Å². The van der Waals surface area contributed by atoms with Gasteiger partial charge < -0.3 is 15.1 Å². The number of hydrogen-bond donors (Lipinski definition) is 1. The molecule has 6 nitrogen and oxygen atoms in total. The second-order valence-electron chi connectivity index (χ2n) is 11.6. The van der Waals surface area contributed by atoms with E-state index in [0.717, 1.165) is 60.3 Å². The molecule has 236 valence electrons. The summed E-state index contributed by atoms with van der Waals surface area (Å²) in [4.78, 5) is 34.3. The summed E-state index contributed by atoms with van der Waals surface area (Å²) in [6.45, 7) is 7.64. The van der Waals surface area contributed by atoms with Gasteiger partial charge in [-0.15, -0.1) is 0 Å². The van der Waals surface area contributed by atoms with Crippen LogP contribution in [0.1, 0.15) is 33.5 Å². The maximum atomic E-state index is 14.5. The van der Waals surface area contributed by atoms with Gasteiger partial charge in [-0.1, -0.05) is 71.9 Å². The molecule has 0 aliphatic carbocycles. The maximum absolute atomic E-state index is 14.5. The molecule has 4 aromatic carbocycles. The fraction of sp³-hybridized carbons (Fsp3) is 0.243. The third-order valence-corrected chi connectivity index (χ3v) is 9.72. The number of halogens is 2. The highest BCUT2D eigenvalue weighted by Crippen LogP contribution is 2.42. The molecule has 0 aromatic heterocycles. The van der Waals surface area contributed by atoms with Crippen LogP contribution in [0, 0.1) is 12.7 Å². The first-order valence-electron chi connectivity index (χ1n) is 15.5. The first-order valence-corrected chi connectivity index (χ1v) is 16.7. The number of para-hydroxylation sites is 1. The molecule has 0 radical (unpaired) electrons. The molecule has 2 aliphatic heterocycles. The van der Waals surface area contributed by atoms with Crippen LogP contribution in [0.5, 0.6) is 0 Å².